The molecule has 0 aromatic carbocycles. The van der Waals surface area contributed by atoms with Gasteiger partial charge in [-0.15, -0.1) is 0 Å². The van der Waals surface area contributed by atoms with Gasteiger partial charge >= 0.3 is 5.97 Å². The van der Waals surface area contributed by atoms with Gasteiger partial charge < -0.3 is 4.74 Å². The van der Waals surface area contributed by atoms with Gasteiger partial charge in [-0.1, -0.05) is 6.07 Å². The van der Waals surface area contributed by atoms with Crippen LogP contribution in [-0.4, -0.2) is 24.3 Å². The fourth-order valence-electron chi connectivity index (χ4n) is 0.882. The fourth-order valence-corrected chi connectivity index (χ4v) is 0.882. The molecule has 0 unspecified atom stereocenters. The molecule has 0 N–H and O–H groups in total. The molecule has 1 rings (SSSR count). The predicted octanol–water partition coefficient (Wildman–Crippen LogP) is 0.989. The number of carbonyl (C=O) groups excluding carboxylic acids is 2. The van der Waals surface area contributed by atoms with Crippen molar-refractivity contribution in [2.45, 2.75) is 6.92 Å². The second kappa shape index (κ2) is 3.80. The topological polar surface area (TPSA) is 56.3 Å². The average Bonchev–Trinajstić information content (AvgIpc) is 2.17. The number of aromatic nitrogens is 1. The van der Waals surface area contributed by atoms with E-state index < -0.39 is 5.97 Å². The third kappa shape index (κ3) is 1.90. The van der Waals surface area contributed by atoms with E-state index in [0.29, 0.717) is 6.29 Å². The molecule has 0 saturated carbocycles. The smallest absolute Gasteiger partial charge is 0.356 e. The van der Waals surface area contributed by atoms with E-state index in [4.69, 9.17) is 0 Å². The first-order valence-corrected chi connectivity index (χ1v) is 3.70. The van der Waals surface area contributed by atoms with E-state index in [1.165, 1.54) is 13.2 Å². The van der Waals surface area contributed by atoms with Crippen LogP contribution in [0.15, 0.2) is 12.1 Å². The third-order valence-corrected chi connectivity index (χ3v) is 1.64. The number of hydrogen-bond donors (Lipinski definition) is 0. The summed E-state index contributed by atoms with van der Waals surface area (Å²) in [6.07, 6.45) is 0.613. The lowest BCUT2D eigenvalue weighted by Crippen LogP contribution is -2.06. The molecule has 0 atom stereocenters. The van der Waals surface area contributed by atoms with Crippen LogP contribution in [0.5, 0.6) is 0 Å². The van der Waals surface area contributed by atoms with E-state index in [0.717, 1.165) is 5.56 Å². The minimum atomic E-state index is -0.539. The van der Waals surface area contributed by atoms with Gasteiger partial charge in [-0.3, -0.25) is 4.79 Å². The third-order valence-electron chi connectivity index (χ3n) is 1.64. The van der Waals surface area contributed by atoms with Gasteiger partial charge in [0.05, 0.1) is 7.11 Å². The van der Waals surface area contributed by atoms with E-state index in [-0.39, 0.29) is 11.4 Å². The zero-order chi connectivity index (χ0) is 9.84. The summed E-state index contributed by atoms with van der Waals surface area (Å²) >= 11 is 0. The summed E-state index contributed by atoms with van der Waals surface area (Å²) in [5, 5.41) is 0. The molecule has 4 heteroatoms. The van der Waals surface area contributed by atoms with Crippen LogP contribution in [0.25, 0.3) is 0 Å². The zero-order valence-electron chi connectivity index (χ0n) is 7.40. The number of rotatable bonds is 2. The molecule has 0 aliphatic heterocycles. The van der Waals surface area contributed by atoms with Crippen molar-refractivity contribution in [3.63, 3.8) is 0 Å². The highest BCUT2D eigenvalue weighted by molar-refractivity contribution is 5.88. The van der Waals surface area contributed by atoms with Gasteiger partial charge in [-0.25, -0.2) is 9.78 Å². The van der Waals surface area contributed by atoms with Gasteiger partial charge in [-0.05, 0) is 18.6 Å². The quantitative estimate of drug-likeness (QED) is 0.501. The lowest BCUT2D eigenvalue weighted by Gasteiger charge is -2.00. The molecule has 0 fully saturated rings. The van der Waals surface area contributed by atoms with Crippen molar-refractivity contribution in [3.8, 4) is 0 Å². The summed E-state index contributed by atoms with van der Waals surface area (Å²) in [5.74, 6) is -0.539. The van der Waals surface area contributed by atoms with E-state index in [9.17, 15) is 9.59 Å². The van der Waals surface area contributed by atoms with Crippen molar-refractivity contribution in [1.29, 1.82) is 0 Å². The highest BCUT2D eigenvalue weighted by atomic mass is 16.5. The Morgan fingerprint density at radius 3 is 2.77 bits per heavy atom. The molecule has 1 heterocycles. The average molecular weight is 179 g/mol. The van der Waals surface area contributed by atoms with E-state index in [2.05, 4.69) is 9.72 Å². The van der Waals surface area contributed by atoms with Crippen LogP contribution in [0, 0.1) is 6.92 Å². The lowest BCUT2D eigenvalue weighted by molar-refractivity contribution is 0.0594. The van der Waals surface area contributed by atoms with Crippen molar-refractivity contribution in [2.75, 3.05) is 7.11 Å². The van der Waals surface area contributed by atoms with Crippen molar-refractivity contribution in [2.24, 2.45) is 0 Å². The zero-order valence-corrected chi connectivity index (χ0v) is 7.40. The summed E-state index contributed by atoms with van der Waals surface area (Å²) in [6.45, 7) is 1.75. The number of aldehydes is 1. The Balaban J connectivity index is 3.13. The molecule has 0 spiro atoms. The molecule has 0 aliphatic rings. The molecule has 1 aromatic heterocycles. The largest absolute Gasteiger partial charge is 0.464 e. The molecular weight excluding hydrogens is 170 g/mol. The van der Waals surface area contributed by atoms with Crippen molar-refractivity contribution < 1.29 is 14.3 Å². The second-order valence-electron chi connectivity index (χ2n) is 2.51. The molecule has 4 nitrogen and oxygen atoms in total. The fraction of sp³-hybridized carbons (Fsp3) is 0.222. The first-order chi connectivity index (χ1) is 6.19. The predicted molar refractivity (Wildman–Crippen MR) is 45.7 cm³/mol. The summed E-state index contributed by atoms with van der Waals surface area (Å²) in [6, 6.07) is 3.18. The number of nitrogens with zero attached hydrogens (tertiary/aromatic N) is 1. The molecule has 0 bridgehead atoms. The van der Waals surface area contributed by atoms with Crippen molar-refractivity contribution in [3.05, 3.63) is 29.1 Å². The van der Waals surface area contributed by atoms with Crippen LogP contribution in [0.4, 0.5) is 0 Å². The highest BCUT2D eigenvalue weighted by Crippen LogP contribution is 2.05. The van der Waals surface area contributed by atoms with Gasteiger partial charge in [-0.2, -0.15) is 0 Å². The van der Waals surface area contributed by atoms with Crippen LogP contribution in [0.2, 0.25) is 0 Å². The maximum atomic E-state index is 11.0. The molecule has 0 amide bonds. The molecular formula is C9H9NO3. The number of ether oxygens (including phenoxy) is 1. The maximum Gasteiger partial charge on any atom is 0.356 e. The van der Waals surface area contributed by atoms with E-state index in [1.807, 2.05) is 0 Å². The Morgan fingerprint density at radius 2 is 2.23 bits per heavy atom. The standard InChI is InChI=1S/C9H9NO3/c1-6-3-4-7(9(12)13-2)10-8(6)5-11/h3-5H,1-2H3. The Kier molecular flexibility index (Phi) is 2.74. The Labute approximate surface area is 75.5 Å². The Morgan fingerprint density at radius 1 is 1.54 bits per heavy atom. The monoisotopic (exact) mass is 179 g/mol. The lowest BCUT2D eigenvalue weighted by atomic mass is 10.2. The Hall–Kier alpha value is -1.71. The number of hydrogen-bond acceptors (Lipinski definition) is 4. The maximum absolute atomic E-state index is 11.0. The molecule has 1 aromatic rings. The molecule has 0 saturated heterocycles. The summed E-state index contributed by atoms with van der Waals surface area (Å²) in [4.78, 5) is 25.3. The van der Waals surface area contributed by atoms with Gasteiger partial charge in [0.2, 0.25) is 0 Å². The first kappa shape index (κ1) is 9.38. The van der Waals surface area contributed by atoms with E-state index >= 15 is 0 Å². The number of esters is 1. The van der Waals surface area contributed by atoms with Gasteiger partial charge in [0.25, 0.3) is 0 Å². The summed E-state index contributed by atoms with van der Waals surface area (Å²) < 4.78 is 4.46. The van der Waals surface area contributed by atoms with Crippen LogP contribution in [-0.2, 0) is 4.74 Å². The van der Waals surface area contributed by atoms with Crippen molar-refractivity contribution in [1.82, 2.24) is 4.98 Å². The van der Waals surface area contributed by atoms with Crippen LogP contribution in [0.1, 0.15) is 26.5 Å². The number of pyridine rings is 1. The number of methoxy groups -OCH3 is 1. The highest BCUT2D eigenvalue weighted by Gasteiger charge is 2.08. The summed E-state index contributed by atoms with van der Waals surface area (Å²) in [5.41, 5.74) is 1.15. The number of aryl methyl sites for hydroxylation is 1. The van der Waals surface area contributed by atoms with Crippen LogP contribution in [0.3, 0.4) is 0 Å². The van der Waals surface area contributed by atoms with E-state index in [1.54, 1.807) is 13.0 Å². The van der Waals surface area contributed by atoms with Crippen molar-refractivity contribution >= 4 is 12.3 Å². The van der Waals surface area contributed by atoms with Gasteiger partial charge in [0.15, 0.2) is 6.29 Å². The minimum absolute atomic E-state index is 0.148. The SMILES string of the molecule is COC(=O)c1ccc(C)c(C=O)n1. The first-order valence-electron chi connectivity index (χ1n) is 3.70. The normalized spacial score (nSPS) is 9.38. The molecule has 0 aliphatic carbocycles. The minimum Gasteiger partial charge on any atom is -0.464 e. The second-order valence-corrected chi connectivity index (χ2v) is 2.51. The number of carbonyl (C=O) groups is 2. The van der Waals surface area contributed by atoms with Crippen LogP contribution < -0.4 is 0 Å². The summed E-state index contributed by atoms with van der Waals surface area (Å²) in [7, 11) is 1.27. The van der Waals surface area contributed by atoms with Crippen LogP contribution >= 0.6 is 0 Å². The van der Waals surface area contributed by atoms with Gasteiger partial charge in [0, 0.05) is 0 Å². The molecule has 68 valence electrons. The Bertz CT molecular complexity index is 347. The van der Waals surface area contributed by atoms with Gasteiger partial charge in [0.1, 0.15) is 11.4 Å². The molecule has 0 radical (unpaired) electrons. The molecule has 13 heavy (non-hydrogen) atoms.